The number of hydrogen-bond donors (Lipinski definition) is 1. The Morgan fingerprint density at radius 2 is 1.65 bits per heavy atom. The maximum Gasteiger partial charge on any atom is 0.347 e. The second-order valence-electron chi connectivity index (χ2n) is 4.99. The number of benzene rings is 2. The first kappa shape index (κ1) is 12.5. The van der Waals surface area contributed by atoms with Crippen LogP contribution < -0.4 is 5.63 Å². The predicted molar refractivity (Wildman–Crippen MR) is 79.1 cm³/mol. The molecule has 100 valence electrons. The molecule has 0 unspecified atom stereocenters. The van der Waals surface area contributed by atoms with Crippen LogP contribution in [0.5, 0.6) is 5.75 Å². The molecule has 0 amide bonds. The lowest BCUT2D eigenvalue weighted by molar-refractivity contribution is 0.471. The van der Waals surface area contributed by atoms with Crippen LogP contribution in [0.4, 0.5) is 0 Å². The fourth-order valence-electron chi connectivity index (χ4n) is 2.51. The molecule has 0 aliphatic rings. The standard InChI is InChI=1S/C17H14O3/c1-10-7-11(2)9-12(8-10)15-16(18)13-5-3-4-6-14(13)20-17(15)19/h3-9,18H,1-2H3. The van der Waals surface area contributed by atoms with Gasteiger partial charge in [-0.15, -0.1) is 0 Å². The van der Waals surface area contributed by atoms with Gasteiger partial charge < -0.3 is 9.52 Å². The highest BCUT2D eigenvalue weighted by Crippen LogP contribution is 2.33. The Hall–Kier alpha value is -2.55. The molecule has 0 aliphatic carbocycles. The van der Waals surface area contributed by atoms with Crippen molar-refractivity contribution in [3.05, 3.63) is 64.0 Å². The van der Waals surface area contributed by atoms with Gasteiger partial charge in [0.1, 0.15) is 16.9 Å². The number of aromatic hydroxyl groups is 1. The molecule has 1 N–H and O–H groups in total. The van der Waals surface area contributed by atoms with Crippen LogP contribution in [0.1, 0.15) is 11.1 Å². The van der Waals surface area contributed by atoms with Gasteiger partial charge in [-0.1, -0.05) is 41.5 Å². The molecule has 0 saturated carbocycles. The first-order valence-corrected chi connectivity index (χ1v) is 6.40. The second kappa shape index (κ2) is 4.53. The van der Waals surface area contributed by atoms with Crippen LogP contribution in [0.15, 0.2) is 51.7 Å². The van der Waals surface area contributed by atoms with E-state index in [0.29, 0.717) is 16.5 Å². The van der Waals surface area contributed by atoms with Gasteiger partial charge in [0.05, 0.1) is 5.39 Å². The largest absolute Gasteiger partial charge is 0.506 e. The van der Waals surface area contributed by atoms with Crippen molar-refractivity contribution >= 4 is 11.0 Å². The molecule has 0 aliphatic heterocycles. The molecule has 3 aromatic rings. The molecular weight excluding hydrogens is 252 g/mol. The summed E-state index contributed by atoms with van der Waals surface area (Å²) in [5.74, 6) is -0.0261. The fraction of sp³-hybridized carbons (Fsp3) is 0.118. The molecule has 0 fully saturated rings. The lowest BCUT2D eigenvalue weighted by atomic mass is 10.00. The van der Waals surface area contributed by atoms with Gasteiger partial charge in [0.2, 0.25) is 0 Å². The summed E-state index contributed by atoms with van der Waals surface area (Å²) in [5, 5.41) is 10.9. The number of fused-ring (bicyclic) bond motifs is 1. The first-order valence-electron chi connectivity index (χ1n) is 6.40. The average molecular weight is 266 g/mol. The normalized spacial score (nSPS) is 10.9. The minimum absolute atomic E-state index is 0.0261. The van der Waals surface area contributed by atoms with Gasteiger partial charge in [-0.25, -0.2) is 4.79 Å². The van der Waals surface area contributed by atoms with Crippen LogP contribution in [0, 0.1) is 13.8 Å². The summed E-state index contributed by atoms with van der Waals surface area (Å²) >= 11 is 0. The number of para-hydroxylation sites is 1. The van der Waals surface area contributed by atoms with E-state index in [2.05, 4.69) is 0 Å². The predicted octanol–water partition coefficient (Wildman–Crippen LogP) is 3.78. The van der Waals surface area contributed by atoms with Crippen molar-refractivity contribution in [1.82, 2.24) is 0 Å². The van der Waals surface area contributed by atoms with Crippen LogP contribution in [0.2, 0.25) is 0 Å². The monoisotopic (exact) mass is 266 g/mol. The Morgan fingerprint density at radius 3 is 2.35 bits per heavy atom. The molecule has 1 heterocycles. The summed E-state index contributed by atoms with van der Waals surface area (Å²) in [5.41, 5.74) is 2.84. The van der Waals surface area contributed by atoms with Crippen LogP contribution in [-0.2, 0) is 0 Å². The Bertz CT molecular complexity index is 839. The molecule has 3 rings (SSSR count). The van der Waals surface area contributed by atoms with E-state index in [-0.39, 0.29) is 11.3 Å². The SMILES string of the molecule is Cc1cc(C)cc(-c2c(O)c3ccccc3oc2=O)c1. The van der Waals surface area contributed by atoms with E-state index in [1.54, 1.807) is 24.3 Å². The number of hydrogen-bond acceptors (Lipinski definition) is 3. The Labute approximate surface area is 116 Å². The van der Waals surface area contributed by atoms with E-state index in [0.717, 1.165) is 11.1 Å². The maximum atomic E-state index is 12.2. The van der Waals surface area contributed by atoms with E-state index in [1.165, 1.54) is 0 Å². The minimum Gasteiger partial charge on any atom is -0.506 e. The van der Waals surface area contributed by atoms with Crippen molar-refractivity contribution in [1.29, 1.82) is 0 Å². The van der Waals surface area contributed by atoms with Crippen LogP contribution in [-0.4, -0.2) is 5.11 Å². The molecule has 2 aromatic carbocycles. The maximum absolute atomic E-state index is 12.2. The van der Waals surface area contributed by atoms with E-state index >= 15 is 0 Å². The van der Waals surface area contributed by atoms with Crippen molar-refractivity contribution in [2.75, 3.05) is 0 Å². The van der Waals surface area contributed by atoms with Gasteiger partial charge in [0, 0.05) is 0 Å². The lowest BCUT2D eigenvalue weighted by Crippen LogP contribution is -2.04. The summed E-state index contributed by atoms with van der Waals surface area (Å²) < 4.78 is 5.29. The summed E-state index contributed by atoms with van der Waals surface area (Å²) in [6.45, 7) is 3.91. The van der Waals surface area contributed by atoms with Crippen LogP contribution in [0.3, 0.4) is 0 Å². The molecule has 0 radical (unpaired) electrons. The molecule has 1 aromatic heterocycles. The lowest BCUT2D eigenvalue weighted by Gasteiger charge is -2.08. The van der Waals surface area contributed by atoms with Crippen molar-refractivity contribution in [3.8, 4) is 16.9 Å². The van der Waals surface area contributed by atoms with Gasteiger partial charge >= 0.3 is 5.63 Å². The van der Waals surface area contributed by atoms with Gasteiger partial charge in [0.25, 0.3) is 0 Å². The molecule has 3 nitrogen and oxygen atoms in total. The quantitative estimate of drug-likeness (QED) is 0.682. The third kappa shape index (κ3) is 1.97. The Kier molecular flexibility index (Phi) is 2.83. The zero-order valence-electron chi connectivity index (χ0n) is 11.3. The van der Waals surface area contributed by atoms with E-state index in [1.807, 2.05) is 32.0 Å². The van der Waals surface area contributed by atoms with Crippen LogP contribution in [0.25, 0.3) is 22.1 Å². The third-order valence-electron chi connectivity index (χ3n) is 3.30. The minimum atomic E-state index is -0.522. The second-order valence-corrected chi connectivity index (χ2v) is 4.99. The van der Waals surface area contributed by atoms with Gasteiger partial charge in [-0.2, -0.15) is 0 Å². The van der Waals surface area contributed by atoms with Gasteiger partial charge in [-0.3, -0.25) is 0 Å². The molecular formula is C17H14O3. The Balaban J connectivity index is 2.39. The highest BCUT2D eigenvalue weighted by Gasteiger charge is 2.15. The molecule has 0 saturated heterocycles. The summed E-state index contributed by atoms with van der Waals surface area (Å²) in [6.07, 6.45) is 0. The summed E-state index contributed by atoms with van der Waals surface area (Å²) in [6, 6.07) is 12.7. The highest BCUT2D eigenvalue weighted by molar-refractivity contribution is 5.90. The van der Waals surface area contributed by atoms with E-state index < -0.39 is 5.63 Å². The first-order chi connectivity index (χ1) is 9.56. The van der Waals surface area contributed by atoms with Gasteiger partial charge in [-0.05, 0) is 31.5 Å². The van der Waals surface area contributed by atoms with E-state index in [4.69, 9.17) is 4.42 Å². The molecule has 0 spiro atoms. The van der Waals surface area contributed by atoms with Crippen molar-refractivity contribution in [2.24, 2.45) is 0 Å². The molecule has 3 heteroatoms. The van der Waals surface area contributed by atoms with Crippen molar-refractivity contribution in [3.63, 3.8) is 0 Å². The molecule has 0 bridgehead atoms. The molecule has 0 atom stereocenters. The zero-order chi connectivity index (χ0) is 14.3. The fourth-order valence-corrected chi connectivity index (χ4v) is 2.51. The smallest absolute Gasteiger partial charge is 0.347 e. The number of aryl methyl sites for hydroxylation is 2. The van der Waals surface area contributed by atoms with Crippen LogP contribution >= 0.6 is 0 Å². The van der Waals surface area contributed by atoms with Crippen molar-refractivity contribution in [2.45, 2.75) is 13.8 Å². The average Bonchev–Trinajstić information content (AvgIpc) is 2.37. The summed E-state index contributed by atoms with van der Waals surface area (Å²) in [7, 11) is 0. The number of rotatable bonds is 1. The van der Waals surface area contributed by atoms with E-state index in [9.17, 15) is 9.90 Å². The Morgan fingerprint density at radius 1 is 1.00 bits per heavy atom. The molecule has 20 heavy (non-hydrogen) atoms. The highest BCUT2D eigenvalue weighted by atomic mass is 16.4. The van der Waals surface area contributed by atoms with Gasteiger partial charge in [0.15, 0.2) is 0 Å². The topological polar surface area (TPSA) is 50.4 Å². The van der Waals surface area contributed by atoms with Crippen molar-refractivity contribution < 1.29 is 9.52 Å². The third-order valence-corrected chi connectivity index (χ3v) is 3.30. The zero-order valence-corrected chi connectivity index (χ0v) is 11.3. The summed E-state index contributed by atoms with van der Waals surface area (Å²) in [4.78, 5) is 12.2.